The van der Waals surface area contributed by atoms with E-state index in [1.165, 1.54) is 12.8 Å². The molecule has 1 aliphatic carbocycles. The third-order valence-corrected chi connectivity index (χ3v) is 2.97. The fourth-order valence-electron chi connectivity index (χ4n) is 1.77. The Hall–Kier alpha value is -0.870. The van der Waals surface area contributed by atoms with Crippen molar-refractivity contribution in [2.75, 3.05) is 13.2 Å². The minimum absolute atomic E-state index is 0.311. The van der Waals surface area contributed by atoms with Crippen LogP contribution >= 0.6 is 0 Å². The maximum Gasteiger partial charge on any atom is 0.0922 e. The number of hydrogen-bond donors (Lipinski definition) is 3. The zero-order valence-electron chi connectivity index (χ0n) is 8.29. The van der Waals surface area contributed by atoms with E-state index in [4.69, 9.17) is 5.11 Å². The Morgan fingerprint density at radius 3 is 3.00 bits per heavy atom. The summed E-state index contributed by atoms with van der Waals surface area (Å²) in [6, 6.07) is 0. The third kappa shape index (κ3) is 2.33. The monoisotopic (exact) mass is 195 g/mol. The maximum atomic E-state index is 8.88. The van der Waals surface area contributed by atoms with Crippen molar-refractivity contribution in [2.45, 2.75) is 25.8 Å². The number of aliphatic hydroxyl groups excluding tert-OH is 1. The topological polar surface area (TPSA) is 60.9 Å². The number of aromatic amines is 1. The van der Waals surface area contributed by atoms with Gasteiger partial charge in [0.15, 0.2) is 0 Å². The molecule has 1 heterocycles. The van der Waals surface area contributed by atoms with Crippen LogP contribution in [0.4, 0.5) is 0 Å². The predicted molar refractivity (Wildman–Crippen MR) is 53.7 cm³/mol. The fourth-order valence-corrected chi connectivity index (χ4v) is 1.77. The van der Waals surface area contributed by atoms with E-state index in [-0.39, 0.29) is 0 Å². The average molecular weight is 195 g/mol. The second-order valence-corrected chi connectivity index (χ2v) is 4.15. The highest BCUT2D eigenvalue weighted by atomic mass is 16.3. The molecule has 0 spiro atoms. The van der Waals surface area contributed by atoms with Crippen molar-refractivity contribution in [3.8, 4) is 0 Å². The summed E-state index contributed by atoms with van der Waals surface area (Å²) in [5.41, 5.74) is 1.51. The molecule has 1 aromatic rings. The number of nitrogens with zero attached hydrogens (tertiary/aromatic N) is 1. The minimum atomic E-state index is 0.311. The summed E-state index contributed by atoms with van der Waals surface area (Å²) in [7, 11) is 0. The highest BCUT2D eigenvalue weighted by Gasteiger charge is 2.41. The van der Waals surface area contributed by atoms with Crippen molar-refractivity contribution in [1.82, 2.24) is 15.3 Å². The molecule has 3 N–H and O–H groups in total. The molecular weight excluding hydrogens is 178 g/mol. The molecule has 1 aromatic heterocycles. The Morgan fingerprint density at radius 2 is 2.43 bits per heavy atom. The number of nitrogens with one attached hydrogen (secondary N) is 2. The van der Waals surface area contributed by atoms with Gasteiger partial charge < -0.3 is 15.4 Å². The van der Waals surface area contributed by atoms with E-state index in [0.717, 1.165) is 25.2 Å². The largest absolute Gasteiger partial charge is 0.396 e. The van der Waals surface area contributed by atoms with Gasteiger partial charge in [0.05, 0.1) is 6.33 Å². The Kier molecular flexibility index (Phi) is 2.84. The summed E-state index contributed by atoms with van der Waals surface area (Å²) >= 11 is 0. The van der Waals surface area contributed by atoms with Crippen molar-refractivity contribution in [2.24, 2.45) is 5.41 Å². The molecule has 0 unspecified atom stereocenters. The molecular formula is C10H17N3O. The number of H-pyrrole nitrogens is 1. The third-order valence-electron chi connectivity index (χ3n) is 2.97. The fraction of sp³-hybridized carbons (Fsp3) is 0.700. The van der Waals surface area contributed by atoms with Gasteiger partial charge in [0.1, 0.15) is 0 Å². The van der Waals surface area contributed by atoms with Crippen molar-refractivity contribution < 1.29 is 5.11 Å². The van der Waals surface area contributed by atoms with Crippen LogP contribution in [0.25, 0.3) is 0 Å². The summed E-state index contributed by atoms with van der Waals surface area (Å²) in [4.78, 5) is 7.01. The molecule has 0 atom stereocenters. The van der Waals surface area contributed by atoms with Gasteiger partial charge in [-0.3, -0.25) is 0 Å². The minimum Gasteiger partial charge on any atom is -0.396 e. The molecule has 0 saturated heterocycles. The SMILES string of the molecule is OCCC1(CNCc2cnc[nH]2)CC1. The summed E-state index contributed by atoms with van der Waals surface area (Å²) < 4.78 is 0. The van der Waals surface area contributed by atoms with Crippen molar-refractivity contribution >= 4 is 0 Å². The van der Waals surface area contributed by atoms with Gasteiger partial charge in [-0.2, -0.15) is 0 Å². The maximum absolute atomic E-state index is 8.88. The van der Waals surface area contributed by atoms with Crippen LogP contribution in [-0.4, -0.2) is 28.2 Å². The van der Waals surface area contributed by atoms with Crippen molar-refractivity contribution in [1.29, 1.82) is 0 Å². The second-order valence-electron chi connectivity index (χ2n) is 4.15. The van der Waals surface area contributed by atoms with E-state index in [1.54, 1.807) is 6.33 Å². The van der Waals surface area contributed by atoms with E-state index in [1.807, 2.05) is 6.20 Å². The van der Waals surface area contributed by atoms with Crippen LogP contribution in [0.5, 0.6) is 0 Å². The van der Waals surface area contributed by atoms with Gasteiger partial charge in [-0.1, -0.05) is 0 Å². The van der Waals surface area contributed by atoms with Crippen LogP contribution in [-0.2, 0) is 6.54 Å². The molecule has 4 nitrogen and oxygen atoms in total. The highest BCUT2D eigenvalue weighted by Crippen LogP contribution is 2.47. The standard InChI is InChI=1S/C10H17N3O/c14-4-3-10(1-2-10)7-11-5-9-6-12-8-13-9/h6,8,11,14H,1-5,7H2,(H,12,13). The summed E-state index contributed by atoms with van der Waals surface area (Å²) in [5, 5.41) is 12.3. The normalized spacial score (nSPS) is 18.4. The van der Waals surface area contributed by atoms with E-state index in [0.29, 0.717) is 12.0 Å². The molecule has 1 saturated carbocycles. The lowest BCUT2D eigenvalue weighted by molar-refractivity contribution is 0.245. The number of aliphatic hydroxyl groups is 1. The molecule has 4 heteroatoms. The number of imidazole rings is 1. The summed E-state index contributed by atoms with van der Waals surface area (Å²) in [6.07, 6.45) is 6.96. The number of rotatable bonds is 6. The molecule has 1 aliphatic rings. The molecule has 0 radical (unpaired) electrons. The molecule has 2 rings (SSSR count). The lowest BCUT2D eigenvalue weighted by atomic mass is 10.0. The number of aromatic nitrogens is 2. The van der Waals surface area contributed by atoms with E-state index in [2.05, 4.69) is 15.3 Å². The number of hydrogen-bond acceptors (Lipinski definition) is 3. The zero-order chi connectivity index (χ0) is 9.86. The second kappa shape index (κ2) is 4.11. The van der Waals surface area contributed by atoms with Crippen LogP contribution in [0.2, 0.25) is 0 Å². The van der Waals surface area contributed by atoms with Gasteiger partial charge in [0.2, 0.25) is 0 Å². The Morgan fingerprint density at radius 1 is 1.57 bits per heavy atom. The van der Waals surface area contributed by atoms with Crippen molar-refractivity contribution in [3.63, 3.8) is 0 Å². The quantitative estimate of drug-likeness (QED) is 0.625. The zero-order valence-corrected chi connectivity index (χ0v) is 8.29. The molecule has 0 bridgehead atoms. The van der Waals surface area contributed by atoms with Gasteiger partial charge in [-0.05, 0) is 24.7 Å². The van der Waals surface area contributed by atoms with Gasteiger partial charge in [-0.15, -0.1) is 0 Å². The van der Waals surface area contributed by atoms with Gasteiger partial charge in [0.25, 0.3) is 0 Å². The Bertz CT molecular complexity index is 267. The van der Waals surface area contributed by atoms with Crippen LogP contribution in [0.1, 0.15) is 25.0 Å². The van der Waals surface area contributed by atoms with Gasteiger partial charge in [-0.25, -0.2) is 4.98 Å². The van der Waals surface area contributed by atoms with Gasteiger partial charge in [0, 0.05) is 31.6 Å². The Balaban J connectivity index is 1.68. The molecule has 1 fully saturated rings. The van der Waals surface area contributed by atoms with Gasteiger partial charge >= 0.3 is 0 Å². The van der Waals surface area contributed by atoms with Crippen molar-refractivity contribution in [3.05, 3.63) is 18.2 Å². The van der Waals surface area contributed by atoms with E-state index >= 15 is 0 Å². The lowest BCUT2D eigenvalue weighted by Gasteiger charge is -2.13. The molecule has 78 valence electrons. The predicted octanol–water partition coefficient (Wildman–Crippen LogP) is 0.662. The van der Waals surface area contributed by atoms with Crippen LogP contribution in [0.3, 0.4) is 0 Å². The Labute approximate surface area is 83.8 Å². The van der Waals surface area contributed by atoms with Crippen LogP contribution in [0, 0.1) is 5.41 Å². The molecule has 14 heavy (non-hydrogen) atoms. The van der Waals surface area contributed by atoms with Crippen LogP contribution in [0.15, 0.2) is 12.5 Å². The van der Waals surface area contributed by atoms with E-state index < -0.39 is 0 Å². The lowest BCUT2D eigenvalue weighted by Crippen LogP contribution is -2.24. The molecule has 0 aromatic carbocycles. The highest BCUT2D eigenvalue weighted by molar-refractivity contribution is 4.97. The summed E-state index contributed by atoms with van der Waals surface area (Å²) in [6.45, 7) is 2.16. The van der Waals surface area contributed by atoms with Crippen LogP contribution < -0.4 is 5.32 Å². The van der Waals surface area contributed by atoms with E-state index in [9.17, 15) is 0 Å². The first-order valence-corrected chi connectivity index (χ1v) is 5.13. The first-order chi connectivity index (χ1) is 6.85. The smallest absolute Gasteiger partial charge is 0.0922 e. The average Bonchev–Trinajstić information content (AvgIpc) is 2.75. The first-order valence-electron chi connectivity index (χ1n) is 5.13. The molecule has 0 aliphatic heterocycles. The molecule has 0 amide bonds. The first kappa shape index (κ1) is 9.68. The summed E-state index contributed by atoms with van der Waals surface area (Å²) in [5.74, 6) is 0.